The van der Waals surface area contributed by atoms with E-state index in [9.17, 15) is 9.90 Å². The molecule has 0 aromatic heterocycles. The molecule has 49 heavy (non-hydrogen) atoms. The molecule has 4 rings (SSSR count). The third-order valence-electron chi connectivity index (χ3n) is 12.5. The van der Waals surface area contributed by atoms with Crippen LogP contribution in [0.25, 0.3) is 0 Å². The Kier molecular flexibility index (Phi) is 13.7. The van der Waals surface area contributed by atoms with Crippen molar-refractivity contribution in [1.29, 1.82) is 0 Å². The van der Waals surface area contributed by atoms with Crippen molar-refractivity contribution < 1.29 is 43.1 Å². The zero-order valence-corrected chi connectivity index (χ0v) is 33.1. The summed E-state index contributed by atoms with van der Waals surface area (Å²) in [6.07, 6.45) is 0.305. The Morgan fingerprint density at radius 2 is 1.59 bits per heavy atom. The summed E-state index contributed by atoms with van der Waals surface area (Å²) in [6, 6.07) is 0.100. The number of esters is 1. The molecular weight excluding hydrogens is 626 g/mol. The topological polar surface area (TPSA) is 105 Å². The summed E-state index contributed by atoms with van der Waals surface area (Å²) in [7, 11) is 3.77. The molecular formula is C39H71NO9. The normalized spacial score (nSPS) is 48.9. The number of carbonyl (C=O) groups excluding carboxylic acids is 1. The second-order valence-electron chi connectivity index (χ2n) is 17.3. The Labute approximate surface area is 297 Å². The van der Waals surface area contributed by atoms with Gasteiger partial charge in [0.05, 0.1) is 47.6 Å². The molecule has 10 nitrogen and oxygen atoms in total. The van der Waals surface area contributed by atoms with Crippen molar-refractivity contribution in [3.63, 3.8) is 0 Å². The zero-order valence-electron chi connectivity index (χ0n) is 33.1. The van der Waals surface area contributed by atoms with Crippen LogP contribution in [0.5, 0.6) is 0 Å². The van der Waals surface area contributed by atoms with E-state index < -0.39 is 48.0 Å². The first-order valence-electron chi connectivity index (χ1n) is 19.3. The van der Waals surface area contributed by atoms with E-state index in [1.165, 1.54) is 0 Å². The van der Waals surface area contributed by atoms with Gasteiger partial charge in [0.2, 0.25) is 0 Å². The lowest BCUT2D eigenvalue weighted by atomic mass is 9.77. The molecule has 10 heteroatoms. The van der Waals surface area contributed by atoms with Gasteiger partial charge in [-0.3, -0.25) is 9.69 Å². The third-order valence-corrected chi connectivity index (χ3v) is 12.5. The van der Waals surface area contributed by atoms with Crippen molar-refractivity contribution in [2.45, 2.75) is 200 Å². The van der Waals surface area contributed by atoms with E-state index in [1.54, 1.807) is 7.11 Å². The SMILES string of the molecule is CC[C@H]1OC(=O)[C@H](C)[C@@H](OC2C[C@@](C)(OC)C[C@H](C)O2)[C@H](C)[C@@H](O[C@@H]2O[C@H](C)C[C@H](N(C)C(C)C)[C@H]2O)[C@@]2(C)C[C@@H](C)[C@H](O2)[C@H](C)C[C@H]1C. The molecule has 0 aliphatic carbocycles. The highest BCUT2D eigenvalue weighted by atomic mass is 16.7. The van der Waals surface area contributed by atoms with Crippen molar-refractivity contribution in [2.24, 2.45) is 29.6 Å². The number of nitrogens with zero attached hydrogens (tertiary/aromatic N) is 1. The molecule has 2 bridgehead atoms. The second-order valence-corrected chi connectivity index (χ2v) is 17.3. The minimum atomic E-state index is -0.888. The van der Waals surface area contributed by atoms with Crippen LogP contribution in [-0.2, 0) is 38.0 Å². The molecule has 4 saturated heterocycles. The lowest BCUT2D eigenvalue weighted by Gasteiger charge is -2.48. The van der Waals surface area contributed by atoms with Crippen LogP contribution in [0.2, 0.25) is 0 Å². The number of methoxy groups -OCH3 is 1. The molecule has 0 aromatic rings. The van der Waals surface area contributed by atoms with Crippen molar-refractivity contribution in [3.05, 3.63) is 0 Å². The van der Waals surface area contributed by atoms with Crippen LogP contribution in [0.4, 0.5) is 0 Å². The number of hydrogen-bond donors (Lipinski definition) is 1. The van der Waals surface area contributed by atoms with Crippen LogP contribution in [-0.4, -0.2) is 109 Å². The van der Waals surface area contributed by atoms with Gasteiger partial charge in [0.25, 0.3) is 0 Å². The number of aliphatic hydroxyl groups is 1. The molecule has 4 aliphatic rings. The molecule has 1 N–H and O–H groups in total. The van der Waals surface area contributed by atoms with E-state index in [-0.39, 0.29) is 66.1 Å². The number of rotatable bonds is 8. The summed E-state index contributed by atoms with van der Waals surface area (Å²) in [5, 5.41) is 11.8. The molecule has 4 fully saturated rings. The lowest BCUT2D eigenvalue weighted by Crippen LogP contribution is -2.60. The Balaban J connectivity index is 1.78. The fourth-order valence-corrected chi connectivity index (χ4v) is 9.54. The van der Waals surface area contributed by atoms with E-state index >= 15 is 0 Å². The number of fused-ring (bicyclic) bond motifs is 2. The van der Waals surface area contributed by atoms with Gasteiger partial charge >= 0.3 is 5.97 Å². The molecule has 0 radical (unpaired) electrons. The van der Waals surface area contributed by atoms with Gasteiger partial charge in [0.1, 0.15) is 12.2 Å². The first kappa shape index (κ1) is 40.9. The number of cyclic esters (lactones) is 1. The molecule has 17 atom stereocenters. The van der Waals surface area contributed by atoms with E-state index in [4.69, 9.17) is 33.2 Å². The Morgan fingerprint density at radius 3 is 2.20 bits per heavy atom. The van der Waals surface area contributed by atoms with Gasteiger partial charge in [-0.05, 0) is 99.0 Å². The van der Waals surface area contributed by atoms with Crippen LogP contribution < -0.4 is 0 Å². The van der Waals surface area contributed by atoms with Gasteiger partial charge in [-0.25, -0.2) is 0 Å². The highest BCUT2D eigenvalue weighted by molar-refractivity contribution is 5.73. The third kappa shape index (κ3) is 9.21. The number of aliphatic hydroxyl groups excluding tert-OH is 1. The van der Waals surface area contributed by atoms with Crippen LogP contribution in [0.1, 0.15) is 122 Å². The van der Waals surface area contributed by atoms with Crippen LogP contribution in [0, 0.1) is 29.6 Å². The van der Waals surface area contributed by atoms with E-state index in [2.05, 4.69) is 67.2 Å². The van der Waals surface area contributed by atoms with Gasteiger partial charge in [0, 0.05) is 38.0 Å². The van der Waals surface area contributed by atoms with Crippen molar-refractivity contribution in [3.8, 4) is 0 Å². The number of carbonyl (C=O) groups is 1. The van der Waals surface area contributed by atoms with Crippen molar-refractivity contribution >= 4 is 5.97 Å². The molecule has 0 saturated carbocycles. The maximum Gasteiger partial charge on any atom is 0.311 e. The minimum Gasteiger partial charge on any atom is -0.462 e. The number of likely N-dealkylation sites (N-methyl/N-ethyl adjacent to an activating group) is 1. The zero-order chi connectivity index (χ0) is 36.6. The molecule has 1 unspecified atom stereocenters. The molecule has 286 valence electrons. The average molecular weight is 698 g/mol. The van der Waals surface area contributed by atoms with E-state index in [0.29, 0.717) is 12.8 Å². The average Bonchev–Trinajstić information content (AvgIpc) is 3.35. The second kappa shape index (κ2) is 16.4. The fourth-order valence-electron chi connectivity index (χ4n) is 9.54. The first-order valence-corrected chi connectivity index (χ1v) is 19.3. The molecule has 0 spiro atoms. The minimum absolute atomic E-state index is 0.00242. The van der Waals surface area contributed by atoms with Crippen LogP contribution in [0.3, 0.4) is 0 Å². The fraction of sp³-hybridized carbons (Fsp3) is 0.974. The molecule has 0 aromatic carbocycles. The predicted molar refractivity (Wildman–Crippen MR) is 189 cm³/mol. The van der Waals surface area contributed by atoms with Crippen molar-refractivity contribution in [2.75, 3.05) is 14.2 Å². The summed E-state index contributed by atoms with van der Waals surface area (Å²) in [5.74, 6) is -0.625. The summed E-state index contributed by atoms with van der Waals surface area (Å²) in [5.41, 5.74) is -1.17. The first-order chi connectivity index (χ1) is 22.8. The van der Waals surface area contributed by atoms with Crippen LogP contribution in [0.15, 0.2) is 0 Å². The molecule has 4 aliphatic heterocycles. The number of hydrogen-bond acceptors (Lipinski definition) is 10. The highest BCUT2D eigenvalue weighted by Crippen LogP contribution is 2.47. The molecule has 4 heterocycles. The quantitative estimate of drug-likeness (QED) is 0.289. The number of ether oxygens (including phenoxy) is 7. The summed E-state index contributed by atoms with van der Waals surface area (Å²) < 4.78 is 46.2. The maximum atomic E-state index is 14.1. The van der Waals surface area contributed by atoms with Crippen molar-refractivity contribution in [1.82, 2.24) is 4.90 Å². The van der Waals surface area contributed by atoms with Gasteiger partial charge < -0.3 is 38.3 Å². The molecule has 0 amide bonds. The van der Waals surface area contributed by atoms with Gasteiger partial charge in [-0.1, -0.05) is 34.6 Å². The lowest BCUT2D eigenvalue weighted by molar-refractivity contribution is -0.312. The Bertz CT molecular complexity index is 1080. The highest BCUT2D eigenvalue weighted by Gasteiger charge is 2.55. The van der Waals surface area contributed by atoms with Gasteiger partial charge in [-0.15, -0.1) is 0 Å². The maximum absolute atomic E-state index is 14.1. The monoisotopic (exact) mass is 698 g/mol. The Morgan fingerprint density at radius 1 is 0.918 bits per heavy atom. The standard InChI is InChI=1S/C39H71NO9/c1-15-30-22(4)16-23(5)33-24(6)18-39(12,49-33)35(48-37-32(41)29(17-25(7)45-37)40(13)21(2)3)27(9)34(28(10)36(42)46-30)47-31-20-38(11,43-14)19-26(8)44-31/h21-35,37,41H,15-20H2,1-14H3/t22-,23-,24-,25-,26+,27+,28-,29+,30-,31?,32-,33-,34+,35-,37+,38+,39-/m1/s1. The summed E-state index contributed by atoms with van der Waals surface area (Å²) in [6.45, 7) is 25.3. The smallest absolute Gasteiger partial charge is 0.311 e. The van der Waals surface area contributed by atoms with Crippen LogP contribution >= 0.6 is 0 Å². The van der Waals surface area contributed by atoms with E-state index in [0.717, 1.165) is 25.7 Å². The summed E-state index contributed by atoms with van der Waals surface area (Å²) >= 11 is 0. The largest absolute Gasteiger partial charge is 0.462 e. The van der Waals surface area contributed by atoms with E-state index in [1.807, 2.05) is 27.8 Å². The predicted octanol–water partition coefficient (Wildman–Crippen LogP) is 6.35. The summed E-state index contributed by atoms with van der Waals surface area (Å²) in [4.78, 5) is 16.3. The Hall–Kier alpha value is -0.850. The van der Waals surface area contributed by atoms with Gasteiger partial charge in [0.15, 0.2) is 12.6 Å². The van der Waals surface area contributed by atoms with Gasteiger partial charge in [-0.2, -0.15) is 0 Å².